The largest absolute Gasteiger partial charge is 0.376 e. The Labute approximate surface area is 169 Å². The number of ether oxygens (including phenoxy) is 1. The second-order valence-corrected chi connectivity index (χ2v) is 8.17. The normalized spacial score (nSPS) is 24.4. The van der Waals surface area contributed by atoms with Crippen molar-refractivity contribution in [1.82, 2.24) is 15.1 Å². The van der Waals surface area contributed by atoms with Crippen molar-refractivity contribution in [1.29, 1.82) is 0 Å². The second-order valence-electron chi connectivity index (χ2n) is 7.23. The first-order chi connectivity index (χ1) is 13.5. The van der Waals surface area contributed by atoms with E-state index in [-0.39, 0.29) is 29.9 Å². The molecule has 2 saturated heterocycles. The van der Waals surface area contributed by atoms with Crippen LogP contribution in [0.4, 0.5) is 0 Å². The Morgan fingerprint density at radius 2 is 2.25 bits per heavy atom. The van der Waals surface area contributed by atoms with Crippen LogP contribution in [0.25, 0.3) is 0 Å². The Bertz CT molecular complexity index is 690. The number of rotatable bonds is 7. The molecule has 3 rings (SSSR count). The smallest absolute Gasteiger partial charge is 0.264 e. The van der Waals surface area contributed by atoms with Gasteiger partial charge in [0.1, 0.15) is 6.04 Å². The Morgan fingerprint density at radius 3 is 2.86 bits per heavy atom. The molecule has 9 heteroatoms. The quantitative estimate of drug-likeness (QED) is 0.681. The van der Waals surface area contributed by atoms with Gasteiger partial charge >= 0.3 is 0 Å². The summed E-state index contributed by atoms with van der Waals surface area (Å²) in [5, 5.41) is 4.64. The summed E-state index contributed by atoms with van der Waals surface area (Å²) in [7, 11) is 0. The third kappa shape index (κ3) is 4.71. The number of nitrogens with two attached hydrogens (primary N) is 1. The molecule has 8 nitrogen and oxygen atoms in total. The predicted octanol–water partition coefficient (Wildman–Crippen LogP) is 0.434. The molecule has 0 radical (unpaired) electrons. The van der Waals surface area contributed by atoms with E-state index < -0.39 is 6.04 Å². The van der Waals surface area contributed by atoms with Crippen LogP contribution in [0.1, 0.15) is 35.9 Å². The van der Waals surface area contributed by atoms with Gasteiger partial charge in [-0.3, -0.25) is 14.4 Å². The number of nitrogens with zero attached hydrogens (tertiary/aromatic N) is 2. The number of amides is 3. The average Bonchev–Trinajstić information content (AvgIpc) is 3.44. The summed E-state index contributed by atoms with van der Waals surface area (Å²) in [4.78, 5) is 41.9. The molecule has 3 amide bonds. The Balaban J connectivity index is 1.79. The molecule has 1 aromatic heterocycles. The van der Waals surface area contributed by atoms with Gasteiger partial charge in [-0.05, 0) is 30.7 Å². The SMILES string of the molecule is CC(=O)N1CC(N(CC2CCCO2)C(=O)c2cccs2)CC1C(=O)NCCN. The van der Waals surface area contributed by atoms with Gasteiger partial charge in [-0.1, -0.05) is 6.07 Å². The minimum atomic E-state index is -0.586. The lowest BCUT2D eigenvalue weighted by atomic mass is 10.1. The lowest BCUT2D eigenvalue weighted by Gasteiger charge is -2.30. The highest BCUT2D eigenvalue weighted by Crippen LogP contribution is 2.27. The molecule has 2 aliphatic rings. The van der Waals surface area contributed by atoms with E-state index in [1.54, 1.807) is 15.9 Å². The zero-order valence-electron chi connectivity index (χ0n) is 16.1. The molecule has 3 heterocycles. The number of carbonyl (C=O) groups excluding carboxylic acids is 3. The molecule has 1 aromatic rings. The number of hydrogen-bond donors (Lipinski definition) is 2. The van der Waals surface area contributed by atoms with E-state index in [1.165, 1.54) is 18.3 Å². The van der Waals surface area contributed by atoms with Crippen LogP contribution in [-0.4, -0.2) is 78.5 Å². The molecule has 3 N–H and O–H groups in total. The minimum absolute atomic E-state index is 0.000179. The van der Waals surface area contributed by atoms with E-state index in [4.69, 9.17) is 10.5 Å². The third-order valence-electron chi connectivity index (χ3n) is 5.29. The van der Waals surface area contributed by atoms with Gasteiger partial charge < -0.3 is 25.6 Å². The monoisotopic (exact) mass is 408 g/mol. The zero-order chi connectivity index (χ0) is 20.1. The molecule has 154 valence electrons. The lowest BCUT2D eigenvalue weighted by Crippen LogP contribution is -2.46. The topological polar surface area (TPSA) is 105 Å². The van der Waals surface area contributed by atoms with Crippen LogP contribution < -0.4 is 11.1 Å². The Morgan fingerprint density at radius 1 is 1.43 bits per heavy atom. The van der Waals surface area contributed by atoms with Crippen LogP contribution >= 0.6 is 11.3 Å². The molecule has 2 fully saturated rings. The van der Waals surface area contributed by atoms with Crippen LogP contribution in [0, 0.1) is 0 Å². The first-order valence-electron chi connectivity index (χ1n) is 9.72. The van der Waals surface area contributed by atoms with Crippen LogP contribution in [0.3, 0.4) is 0 Å². The molecule has 3 unspecified atom stereocenters. The summed E-state index contributed by atoms with van der Waals surface area (Å²) in [6.07, 6.45) is 2.32. The molecule has 0 bridgehead atoms. The maximum absolute atomic E-state index is 13.2. The standard InChI is InChI=1S/C19H28N4O4S/c1-13(24)22-11-14(10-16(22)18(25)21-7-6-20)23(12-15-4-2-8-27-15)19(26)17-5-3-9-28-17/h3,5,9,14-16H,2,4,6-8,10-12,20H2,1H3,(H,21,25). The van der Waals surface area contributed by atoms with Crippen molar-refractivity contribution in [2.45, 2.75) is 44.4 Å². The van der Waals surface area contributed by atoms with Crippen molar-refractivity contribution in [3.63, 3.8) is 0 Å². The maximum atomic E-state index is 13.2. The molecule has 0 aromatic carbocycles. The molecule has 0 aliphatic carbocycles. The molecule has 28 heavy (non-hydrogen) atoms. The highest BCUT2D eigenvalue weighted by Gasteiger charge is 2.42. The van der Waals surface area contributed by atoms with Crippen LogP contribution in [0.2, 0.25) is 0 Å². The molecule has 2 aliphatic heterocycles. The van der Waals surface area contributed by atoms with Gasteiger partial charge in [0.25, 0.3) is 5.91 Å². The van der Waals surface area contributed by atoms with Gasteiger partial charge in [0.05, 0.1) is 17.0 Å². The summed E-state index contributed by atoms with van der Waals surface area (Å²) in [6, 6.07) is 2.84. The highest BCUT2D eigenvalue weighted by atomic mass is 32.1. The number of likely N-dealkylation sites (tertiary alicyclic amines) is 1. The van der Waals surface area contributed by atoms with E-state index in [0.717, 1.165) is 12.8 Å². The van der Waals surface area contributed by atoms with Gasteiger partial charge in [-0.15, -0.1) is 11.3 Å². The average molecular weight is 409 g/mol. The fourth-order valence-corrected chi connectivity index (χ4v) is 4.58. The summed E-state index contributed by atoms with van der Waals surface area (Å²) < 4.78 is 5.75. The molecule has 0 saturated carbocycles. The summed E-state index contributed by atoms with van der Waals surface area (Å²) in [5.74, 6) is -0.457. The van der Waals surface area contributed by atoms with Gasteiger partial charge in [0.15, 0.2) is 0 Å². The maximum Gasteiger partial charge on any atom is 0.264 e. The van der Waals surface area contributed by atoms with E-state index >= 15 is 0 Å². The molecular weight excluding hydrogens is 380 g/mol. The molecular formula is C19H28N4O4S. The lowest BCUT2D eigenvalue weighted by molar-refractivity contribution is -0.136. The Hall–Kier alpha value is -1.97. The first kappa shape index (κ1) is 20.8. The number of thiophene rings is 1. The fraction of sp³-hybridized carbons (Fsp3) is 0.632. The van der Waals surface area contributed by atoms with Gasteiger partial charge in [0.2, 0.25) is 11.8 Å². The number of nitrogens with one attached hydrogen (secondary N) is 1. The third-order valence-corrected chi connectivity index (χ3v) is 6.15. The van der Waals surface area contributed by atoms with Gasteiger partial charge in [0, 0.05) is 39.7 Å². The molecule has 3 atom stereocenters. The van der Waals surface area contributed by atoms with Crippen molar-refractivity contribution in [2.24, 2.45) is 5.73 Å². The van der Waals surface area contributed by atoms with Gasteiger partial charge in [-0.2, -0.15) is 0 Å². The number of carbonyl (C=O) groups is 3. The Kier molecular flexibility index (Phi) is 7.03. The summed E-state index contributed by atoms with van der Waals surface area (Å²) in [6.45, 7) is 3.69. The number of hydrogen-bond acceptors (Lipinski definition) is 6. The highest BCUT2D eigenvalue weighted by molar-refractivity contribution is 7.12. The van der Waals surface area contributed by atoms with Gasteiger partial charge in [-0.25, -0.2) is 0 Å². The van der Waals surface area contributed by atoms with E-state index in [9.17, 15) is 14.4 Å². The van der Waals surface area contributed by atoms with Crippen LogP contribution in [0.5, 0.6) is 0 Å². The van der Waals surface area contributed by atoms with Crippen molar-refractivity contribution in [2.75, 3.05) is 32.8 Å². The predicted molar refractivity (Wildman–Crippen MR) is 106 cm³/mol. The van der Waals surface area contributed by atoms with Crippen LogP contribution in [0.15, 0.2) is 17.5 Å². The summed E-state index contributed by atoms with van der Waals surface area (Å²) in [5.41, 5.74) is 5.47. The van der Waals surface area contributed by atoms with Crippen molar-refractivity contribution in [3.8, 4) is 0 Å². The van der Waals surface area contributed by atoms with E-state index in [1.807, 2.05) is 11.4 Å². The van der Waals surface area contributed by atoms with Crippen molar-refractivity contribution in [3.05, 3.63) is 22.4 Å². The van der Waals surface area contributed by atoms with Crippen LogP contribution in [-0.2, 0) is 14.3 Å². The second kappa shape index (κ2) is 9.49. The first-order valence-corrected chi connectivity index (χ1v) is 10.6. The van der Waals surface area contributed by atoms with Crippen molar-refractivity contribution >= 4 is 29.1 Å². The zero-order valence-corrected chi connectivity index (χ0v) is 17.0. The fourth-order valence-electron chi connectivity index (χ4n) is 3.90. The summed E-state index contributed by atoms with van der Waals surface area (Å²) >= 11 is 1.40. The molecule has 0 spiro atoms. The van der Waals surface area contributed by atoms with E-state index in [0.29, 0.717) is 44.1 Å². The minimum Gasteiger partial charge on any atom is -0.376 e. The van der Waals surface area contributed by atoms with Crippen molar-refractivity contribution < 1.29 is 19.1 Å². The van der Waals surface area contributed by atoms with E-state index in [2.05, 4.69) is 5.32 Å².